The summed E-state index contributed by atoms with van der Waals surface area (Å²) < 4.78 is 46.1. The van der Waals surface area contributed by atoms with Crippen molar-refractivity contribution in [2.75, 3.05) is 6.54 Å². The van der Waals surface area contributed by atoms with Gasteiger partial charge in [0.25, 0.3) is 11.8 Å². The second kappa shape index (κ2) is 4.23. The van der Waals surface area contributed by atoms with Gasteiger partial charge in [-0.2, -0.15) is 13.2 Å². The summed E-state index contributed by atoms with van der Waals surface area (Å²) in [5.74, 6) is -1.41. The summed E-state index contributed by atoms with van der Waals surface area (Å²) >= 11 is 0. The average molecular weight is 303 g/mol. The molecule has 3 aliphatic heterocycles. The van der Waals surface area contributed by atoms with Crippen LogP contribution in [0.1, 0.15) is 13.8 Å². The molecule has 9 heteroatoms. The number of amides is 2. The Labute approximate surface area is 119 Å². The first-order valence-electron chi connectivity index (χ1n) is 6.79. The molecule has 1 unspecified atom stereocenters. The van der Waals surface area contributed by atoms with E-state index in [9.17, 15) is 22.8 Å². The number of nitrogens with zero attached hydrogens (tertiary/aromatic N) is 2. The number of hydrazine groups is 1. The van der Waals surface area contributed by atoms with Crippen LogP contribution in [0.2, 0.25) is 1.41 Å². The number of carbonyl (C=O) groups is 2. The van der Waals surface area contributed by atoms with Crippen LogP contribution >= 0.6 is 0 Å². The summed E-state index contributed by atoms with van der Waals surface area (Å²) in [6.07, 6.45) is -3.97. The molecule has 114 valence electrons. The molecule has 0 aliphatic carbocycles. The molecule has 0 saturated heterocycles. The lowest BCUT2D eigenvalue weighted by Gasteiger charge is -2.27. The van der Waals surface area contributed by atoms with E-state index >= 15 is 0 Å². The molecule has 0 saturated carbocycles. The normalized spacial score (nSPS) is 27.0. The molecule has 21 heavy (non-hydrogen) atoms. The van der Waals surface area contributed by atoms with Crippen molar-refractivity contribution in [3.05, 3.63) is 23.2 Å². The fraction of sp³-hybridized carbons (Fsp3) is 0.500. The lowest BCUT2D eigenvalue weighted by molar-refractivity contribution is -0.154. The van der Waals surface area contributed by atoms with Crippen LogP contribution in [0.4, 0.5) is 13.2 Å². The Bertz CT molecular complexity index is 628. The fourth-order valence-corrected chi connectivity index (χ4v) is 2.43. The largest absolute Gasteiger partial charge is 0.409 e. The van der Waals surface area contributed by atoms with Crippen molar-refractivity contribution in [3.8, 4) is 0 Å². The Morgan fingerprint density at radius 1 is 1.38 bits per heavy atom. The van der Waals surface area contributed by atoms with Crippen LogP contribution in [0.25, 0.3) is 0 Å². The Morgan fingerprint density at radius 2 is 2.05 bits per heavy atom. The van der Waals surface area contributed by atoms with E-state index in [1.807, 2.05) is 0 Å². The third kappa shape index (κ3) is 1.99. The SMILES string of the molecule is [2H]N1C(C(F)(F)F)C=C2NC3=C(CN(C(C)C)C3=O)C(=O)N21. The van der Waals surface area contributed by atoms with Crippen LogP contribution in [-0.4, -0.2) is 46.5 Å². The maximum atomic E-state index is 12.9. The summed E-state index contributed by atoms with van der Waals surface area (Å²) in [7, 11) is 0. The van der Waals surface area contributed by atoms with Crippen molar-refractivity contribution in [2.24, 2.45) is 0 Å². The first-order chi connectivity index (χ1) is 10.1. The van der Waals surface area contributed by atoms with E-state index in [0.717, 1.165) is 6.08 Å². The molecule has 0 bridgehead atoms. The van der Waals surface area contributed by atoms with Gasteiger partial charge in [-0.3, -0.25) is 9.59 Å². The van der Waals surface area contributed by atoms with Crippen LogP contribution in [0.3, 0.4) is 0 Å². The summed E-state index contributed by atoms with van der Waals surface area (Å²) in [5, 5.41) is 3.17. The number of rotatable bonds is 1. The zero-order valence-corrected chi connectivity index (χ0v) is 11.2. The van der Waals surface area contributed by atoms with Crippen molar-refractivity contribution in [3.63, 3.8) is 0 Å². The molecule has 2 N–H and O–H groups in total. The lowest BCUT2D eigenvalue weighted by atomic mass is 10.2. The van der Waals surface area contributed by atoms with Gasteiger partial charge >= 0.3 is 6.18 Å². The number of carbonyl (C=O) groups excluding carboxylic acids is 2. The quantitative estimate of drug-likeness (QED) is 0.727. The van der Waals surface area contributed by atoms with E-state index in [1.165, 1.54) is 4.90 Å². The van der Waals surface area contributed by atoms with Crippen molar-refractivity contribution >= 4 is 11.8 Å². The van der Waals surface area contributed by atoms with Crippen LogP contribution in [-0.2, 0) is 9.59 Å². The van der Waals surface area contributed by atoms with Gasteiger partial charge in [0.2, 0.25) is 0 Å². The molecular weight excluding hydrogens is 289 g/mol. The van der Waals surface area contributed by atoms with Crippen molar-refractivity contribution in [2.45, 2.75) is 32.1 Å². The first-order valence-corrected chi connectivity index (χ1v) is 6.35. The van der Waals surface area contributed by atoms with Gasteiger partial charge in [0, 0.05) is 6.04 Å². The van der Waals surface area contributed by atoms with Crippen LogP contribution in [0.5, 0.6) is 0 Å². The molecular formula is C12H13F3N4O2. The van der Waals surface area contributed by atoms with Crippen molar-refractivity contribution in [1.29, 1.82) is 0 Å². The monoisotopic (exact) mass is 303 g/mol. The molecule has 0 spiro atoms. The van der Waals surface area contributed by atoms with E-state index in [2.05, 4.69) is 5.32 Å². The predicted octanol–water partition coefficient (Wildman–Crippen LogP) is 0.213. The number of hydrogen-bond donors (Lipinski definition) is 2. The minimum atomic E-state index is -4.69. The highest BCUT2D eigenvalue weighted by Gasteiger charge is 2.49. The maximum Gasteiger partial charge on any atom is 0.409 e. The molecule has 6 nitrogen and oxygen atoms in total. The van der Waals surface area contributed by atoms with Crippen LogP contribution in [0.15, 0.2) is 23.2 Å². The number of nitrogens with one attached hydrogen (secondary N) is 2. The third-order valence-corrected chi connectivity index (χ3v) is 3.55. The summed E-state index contributed by atoms with van der Waals surface area (Å²) in [5.41, 5.74) is 0.157. The van der Waals surface area contributed by atoms with Gasteiger partial charge in [-0.1, -0.05) is 0 Å². The Morgan fingerprint density at radius 3 is 2.62 bits per heavy atom. The summed E-state index contributed by atoms with van der Waals surface area (Å²) in [6, 6.07) is -2.37. The Balaban J connectivity index is 1.95. The smallest absolute Gasteiger partial charge is 0.336 e. The molecule has 3 aliphatic rings. The highest BCUT2D eigenvalue weighted by molar-refractivity contribution is 6.10. The molecule has 0 aromatic rings. The Hall–Kier alpha value is -2.03. The second-order valence-electron chi connectivity index (χ2n) is 5.28. The highest BCUT2D eigenvalue weighted by atomic mass is 19.4. The van der Waals surface area contributed by atoms with Crippen molar-refractivity contribution < 1.29 is 24.2 Å². The van der Waals surface area contributed by atoms with E-state index < -0.39 is 24.0 Å². The average Bonchev–Trinajstić information content (AvgIpc) is 2.89. The predicted molar refractivity (Wildman–Crippen MR) is 64.9 cm³/mol. The van der Waals surface area contributed by atoms with Gasteiger partial charge in [0.05, 0.1) is 12.1 Å². The molecule has 0 fully saturated rings. The molecule has 0 aromatic heterocycles. The first kappa shape index (κ1) is 12.7. The van der Waals surface area contributed by atoms with E-state index in [-0.39, 0.29) is 35.1 Å². The van der Waals surface area contributed by atoms with E-state index in [0.29, 0.717) is 5.01 Å². The van der Waals surface area contributed by atoms with Crippen molar-refractivity contribution in [1.82, 2.24) is 20.6 Å². The van der Waals surface area contributed by atoms with E-state index in [4.69, 9.17) is 1.41 Å². The lowest BCUT2D eigenvalue weighted by Crippen LogP contribution is -2.51. The van der Waals surface area contributed by atoms with Crippen LogP contribution < -0.4 is 10.7 Å². The number of halogens is 3. The second-order valence-corrected chi connectivity index (χ2v) is 5.28. The molecule has 2 amide bonds. The third-order valence-electron chi connectivity index (χ3n) is 3.55. The van der Waals surface area contributed by atoms with Gasteiger partial charge in [-0.15, -0.1) is 0 Å². The number of fused-ring (bicyclic) bond motifs is 1. The fourth-order valence-electron chi connectivity index (χ4n) is 2.43. The van der Waals surface area contributed by atoms with Gasteiger partial charge in [-0.25, -0.2) is 10.4 Å². The zero-order valence-electron chi connectivity index (χ0n) is 12.2. The van der Waals surface area contributed by atoms with Gasteiger partial charge in [0.15, 0.2) is 0 Å². The van der Waals surface area contributed by atoms with E-state index in [1.54, 1.807) is 13.8 Å². The highest BCUT2D eigenvalue weighted by Crippen LogP contribution is 2.32. The minimum Gasteiger partial charge on any atom is -0.336 e. The molecule has 3 heterocycles. The number of hydrogen-bond acceptors (Lipinski definition) is 4. The minimum absolute atomic E-state index is 0.00238. The summed E-state index contributed by atoms with van der Waals surface area (Å²) in [6.45, 7) is 3.57. The molecule has 1 atom stereocenters. The van der Waals surface area contributed by atoms with Gasteiger partial charge < -0.3 is 10.2 Å². The van der Waals surface area contributed by atoms with Gasteiger partial charge in [-0.05, 0) is 19.9 Å². The standard InChI is InChI=1S/C12H13F3N4O2/c1-5(2)18-4-6-9(11(18)21)16-8-3-7(12(13,14)15)17-19(8)10(6)20/h3,5,7,16-17H,4H2,1-2H3/i/hD. The van der Waals surface area contributed by atoms with Crippen LogP contribution in [0, 0.1) is 0 Å². The van der Waals surface area contributed by atoms with Gasteiger partial charge in [0.1, 0.15) is 19.0 Å². The summed E-state index contributed by atoms with van der Waals surface area (Å²) in [4.78, 5) is 26.0. The topological polar surface area (TPSA) is 64.7 Å². The molecule has 0 radical (unpaired) electrons. The molecule has 0 aromatic carbocycles. The molecule has 3 rings (SSSR count). The maximum absolute atomic E-state index is 12.9. The number of alkyl halides is 3. The Kier molecular flexibility index (Phi) is 2.56. The zero-order chi connectivity index (χ0) is 16.4.